The molecule has 4 nitrogen and oxygen atoms in total. The van der Waals surface area contributed by atoms with Crippen LogP contribution in [-0.4, -0.2) is 43.4 Å². The molecule has 0 aliphatic carbocycles. The molecule has 0 aromatic heterocycles. The lowest BCUT2D eigenvalue weighted by atomic mass is 9.92. The second-order valence-electron chi connectivity index (χ2n) is 8.92. The van der Waals surface area contributed by atoms with Crippen molar-refractivity contribution in [2.24, 2.45) is 5.92 Å². The van der Waals surface area contributed by atoms with Crippen LogP contribution in [0.25, 0.3) is 5.57 Å². The maximum absolute atomic E-state index is 13.0. The zero-order valence-corrected chi connectivity index (χ0v) is 21.0. The standard InChI is InChI=1S/C22H32ClNO3SSi/c1-15(16-11-9-8-10-12-16)18(21(28)26-5)24-19(23)17(20(24)25)13-14-27-29(6,7)22(2,3)4/h8-12,17,19H,13-14H2,1-7H3/b18-15+/t17-,19+/m1/s1. The molecular weight excluding hydrogens is 422 g/mol. The summed E-state index contributed by atoms with van der Waals surface area (Å²) in [4.78, 5) is 14.5. The van der Waals surface area contributed by atoms with Crippen molar-refractivity contribution in [3.8, 4) is 0 Å². The third-order valence-electron chi connectivity index (χ3n) is 6.01. The average Bonchev–Trinajstić information content (AvgIpc) is 2.67. The number of amides is 1. The number of methoxy groups -OCH3 is 1. The minimum Gasteiger partial charge on any atom is -0.485 e. The SMILES string of the molecule is COC(=S)/C(=C(/C)c1ccccc1)N1C(=O)[C@H](CCO[Si](C)(C)C(C)(C)C)[C@H]1Cl. The molecule has 1 aliphatic rings. The van der Waals surface area contributed by atoms with Crippen LogP contribution in [0.3, 0.4) is 0 Å². The van der Waals surface area contributed by atoms with Crippen LogP contribution in [0.4, 0.5) is 0 Å². The zero-order chi connectivity index (χ0) is 22.0. The maximum Gasteiger partial charge on any atom is 0.234 e. The Labute approximate surface area is 186 Å². The van der Waals surface area contributed by atoms with Crippen molar-refractivity contribution in [2.75, 3.05) is 13.7 Å². The molecule has 1 aromatic carbocycles. The fraction of sp³-hybridized carbons (Fsp3) is 0.545. The van der Waals surface area contributed by atoms with E-state index in [1.165, 1.54) is 7.11 Å². The van der Waals surface area contributed by atoms with E-state index >= 15 is 0 Å². The number of thiocarbonyl (C=S) groups is 1. The number of hydrogen-bond donors (Lipinski definition) is 0. The summed E-state index contributed by atoms with van der Waals surface area (Å²) in [6.07, 6.45) is 0.605. The Hall–Kier alpha value is -1.21. The highest BCUT2D eigenvalue weighted by atomic mass is 35.5. The number of benzene rings is 1. The van der Waals surface area contributed by atoms with E-state index in [2.05, 4.69) is 33.9 Å². The molecule has 2 rings (SSSR count). The van der Waals surface area contributed by atoms with Crippen LogP contribution in [0.2, 0.25) is 18.1 Å². The Balaban J connectivity index is 2.15. The Morgan fingerprint density at radius 3 is 2.31 bits per heavy atom. The van der Waals surface area contributed by atoms with Gasteiger partial charge in [0, 0.05) is 6.61 Å². The number of likely N-dealkylation sites (tertiary alicyclic amines) is 1. The molecule has 1 aromatic rings. The monoisotopic (exact) mass is 453 g/mol. The van der Waals surface area contributed by atoms with E-state index in [1.54, 1.807) is 4.90 Å². The predicted molar refractivity (Wildman–Crippen MR) is 126 cm³/mol. The minimum absolute atomic E-state index is 0.0338. The fourth-order valence-corrected chi connectivity index (χ4v) is 4.76. The van der Waals surface area contributed by atoms with Gasteiger partial charge in [-0.2, -0.15) is 0 Å². The van der Waals surface area contributed by atoms with Gasteiger partial charge in [-0.25, -0.2) is 0 Å². The lowest BCUT2D eigenvalue weighted by molar-refractivity contribution is -0.147. The summed E-state index contributed by atoms with van der Waals surface area (Å²) >= 11 is 12.1. The lowest BCUT2D eigenvalue weighted by Crippen LogP contribution is -2.59. The number of hydrogen-bond acceptors (Lipinski definition) is 4. The Bertz CT molecular complexity index is 789. The topological polar surface area (TPSA) is 38.8 Å². The summed E-state index contributed by atoms with van der Waals surface area (Å²) < 4.78 is 11.5. The highest BCUT2D eigenvalue weighted by molar-refractivity contribution is 7.80. The quantitative estimate of drug-likeness (QED) is 0.130. The normalized spacial score (nSPS) is 20.8. The Morgan fingerprint density at radius 1 is 1.24 bits per heavy atom. The van der Waals surface area contributed by atoms with Crippen molar-refractivity contribution in [2.45, 2.75) is 57.7 Å². The van der Waals surface area contributed by atoms with Crippen LogP contribution in [-0.2, 0) is 14.0 Å². The third kappa shape index (κ3) is 5.10. The number of rotatable bonds is 7. The van der Waals surface area contributed by atoms with Gasteiger partial charge in [-0.3, -0.25) is 9.69 Å². The first-order valence-corrected chi connectivity index (χ1v) is 13.6. The van der Waals surface area contributed by atoms with E-state index in [0.717, 1.165) is 11.1 Å². The molecule has 0 saturated carbocycles. The first-order chi connectivity index (χ1) is 13.4. The lowest BCUT2D eigenvalue weighted by Gasteiger charge is -2.45. The van der Waals surface area contributed by atoms with Gasteiger partial charge in [0.1, 0.15) is 11.2 Å². The minimum atomic E-state index is -1.85. The highest BCUT2D eigenvalue weighted by Crippen LogP contribution is 2.40. The van der Waals surface area contributed by atoms with Crippen molar-refractivity contribution in [3.63, 3.8) is 0 Å². The average molecular weight is 454 g/mol. The van der Waals surface area contributed by atoms with E-state index < -0.39 is 13.8 Å². The number of ether oxygens (including phenoxy) is 1. The first-order valence-electron chi connectivity index (χ1n) is 9.88. The van der Waals surface area contributed by atoms with Crippen molar-refractivity contribution in [3.05, 3.63) is 41.6 Å². The molecule has 1 amide bonds. The van der Waals surface area contributed by atoms with Crippen LogP contribution >= 0.6 is 23.8 Å². The van der Waals surface area contributed by atoms with Crippen LogP contribution in [0, 0.1) is 5.92 Å². The molecule has 1 heterocycles. The van der Waals surface area contributed by atoms with Crippen molar-refractivity contribution in [1.29, 1.82) is 0 Å². The molecule has 1 aliphatic heterocycles. The van der Waals surface area contributed by atoms with E-state index in [4.69, 9.17) is 33.0 Å². The van der Waals surface area contributed by atoms with Gasteiger partial charge in [0.05, 0.1) is 13.0 Å². The second kappa shape index (κ2) is 9.29. The summed E-state index contributed by atoms with van der Waals surface area (Å²) in [5.74, 6) is -0.312. The third-order valence-corrected chi connectivity index (χ3v) is 11.4. The number of nitrogens with zero attached hydrogens (tertiary/aromatic N) is 1. The van der Waals surface area contributed by atoms with Crippen LogP contribution < -0.4 is 0 Å². The van der Waals surface area contributed by atoms with Crippen molar-refractivity contribution >= 4 is 48.7 Å². The highest BCUT2D eigenvalue weighted by Gasteiger charge is 2.49. The summed E-state index contributed by atoms with van der Waals surface area (Å²) in [5.41, 5.74) is 1.95. The van der Waals surface area contributed by atoms with E-state index in [-0.39, 0.29) is 21.9 Å². The predicted octanol–water partition coefficient (Wildman–Crippen LogP) is 5.83. The van der Waals surface area contributed by atoms with E-state index in [9.17, 15) is 4.79 Å². The summed E-state index contributed by atoms with van der Waals surface area (Å²) in [5, 5.41) is 0.400. The van der Waals surface area contributed by atoms with Gasteiger partial charge in [0.25, 0.3) is 0 Å². The smallest absolute Gasteiger partial charge is 0.234 e. The molecule has 1 fully saturated rings. The number of carbonyl (C=O) groups is 1. The molecule has 7 heteroatoms. The molecule has 1 saturated heterocycles. The van der Waals surface area contributed by atoms with Gasteiger partial charge >= 0.3 is 0 Å². The van der Waals surface area contributed by atoms with Crippen LogP contribution in [0.5, 0.6) is 0 Å². The zero-order valence-electron chi connectivity index (χ0n) is 18.4. The number of allylic oxidation sites excluding steroid dienone is 1. The molecule has 0 N–H and O–H groups in total. The van der Waals surface area contributed by atoms with Gasteiger partial charge in [-0.05, 0) is 54.8 Å². The van der Waals surface area contributed by atoms with Crippen molar-refractivity contribution in [1.82, 2.24) is 4.90 Å². The molecule has 29 heavy (non-hydrogen) atoms. The molecule has 160 valence electrons. The van der Waals surface area contributed by atoms with Gasteiger partial charge in [0.2, 0.25) is 11.0 Å². The number of carbonyl (C=O) groups excluding carboxylic acids is 1. The number of alkyl halides is 1. The first kappa shape index (κ1) is 24.1. The molecular formula is C22H32ClNO3SSi. The van der Waals surface area contributed by atoms with E-state index in [1.807, 2.05) is 37.3 Å². The van der Waals surface area contributed by atoms with Gasteiger partial charge in [-0.1, -0.05) is 62.7 Å². The van der Waals surface area contributed by atoms with E-state index in [0.29, 0.717) is 18.7 Å². The van der Waals surface area contributed by atoms with Gasteiger partial charge < -0.3 is 9.16 Å². The Morgan fingerprint density at radius 2 is 1.83 bits per heavy atom. The Kier molecular flexibility index (Phi) is 7.71. The van der Waals surface area contributed by atoms with Gasteiger partial charge in [-0.15, -0.1) is 0 Å². The fourth-order valence-electron chi connectivity index (χ4n) is 3.02. The van der Waals surface area contributed by atoms with Crippen molar-refractivity contribution < 1.29 is 14.0 Å². The second-order valence-corrected chi connectivity index (χ2v) is 14.5. The molecule has 0 bridgehead atoms. The summed E-state index contributed by atoms with van der Waals surface area (Å²) in [6, 6.07) is 9.80. The summed E-state index contributed by atoms with van der Waals surface area (Å²) in [6.45, 7) is 13.5. The van der Waals surface area contributed by atoms with Gasteiger partial charge in [0.15, 0.2) is 8.32 Å². The molecule has 0 spiro atoms. The largest absolute Gasteiger partial charge is 0.485 e. The number of β-lactam (4-membered cyclic amide) rings is 1. The summed E-state index contributed by atoms with van der Waals surface area (Å²) in [7, 11) is -0.334. The molecule has 0 unspecified atom stereocenters. The molecule has 2 atom stereocenters. The van der Waals surface area contributed by atoms with Crippen LogP contribution in [0.15, 0.2) is 36.0 Å². The maximum atomic E-state index is 13.0. The number of halogens is 1. The molecule has 0 radical (unpaired) electrons. The van der Waals surface area contributed by atoms with Crippen LogP contribution in [0.1, 0.15) is 39.7 Å².